The van der Waals surface area contributed by atoms with Crippen LogP contribution in [-0.2, 0) is 0 Å². The number of methoxy groups -OCH3 is 1. The van der Waals surface area contributed by atoms with E-state index in [2.05, 4.69) is 26.1 Å². The van der Waals surface area contributed by atoms with Crippen LogP contribution in [0.1, 0.15) is 32.8 Å². The van der Waals surface area contributed by atoms with Gasteiger partial charge < -0.3 is 10.1 Å². The lowest BCUT2D eigenvalue weighted by atomic mass is 10.1. The van der Waals surface area contributed by atoms with Crippen LogP contribution in [0.15, 0.2) is 24.3 Å². The van der Waals surface area contributed by atoms with Crippen molar-refractivity contribution >= 4 is 6.08 Å². The van der Waals surface area contributed by atoms with Gasteiger partial charge in [-0.25, -0.2) is 4.39 Å². The van der Waals surface area contributed by atoms with Crippen LogP contribution in [0.2, 0.25) is 0 Å². The van der Waals surface area contributed by atoms with Crippen LogP contribution in [0, 0.1) is 5.82 Å². The van der Waals surface area contributed by atoms with Gasteiger partial charge in [0.1, 0.15) is 11.6 Å². The highest BCUT2D eigenvalue weighted by Gasteiger charge is 2.06. The smallest absolute Gasteiger partial charge is 0.134 e. The molecular weight excluding hydrogens is 229 g/mol. The number of nitrogens with one attached hydrogen (secondary N) is 1. The van der Waals surface area contributed by atoms with Gasteiger partial charge >= 0.3 is 0 Å². The number of rotatable bonds is 5. The Morgan fingerprint density at radius 1 is 1.33 bits per heavy atom. The van der Waals surface area contributed by atoms with Crippen LogP contribution in [0.4, 0.5) is 4.39 Å². The Bertz CT molecular complexity index is 407. The second-order valence-electron chi connectivity index (χ2n) is 5.26. The maximum absolute atomic E-state index is 13.6. The molecule has 0 saturated carbocycles. The summed E-state index contributed by atoms with van der Waals surface area (Å²) in [6.45, 7) is 7.26. The van der Waals surface area contributed by atoms with Gasteiger partial charge in [0.25, 0.3) is 0 Å². The molecule has 0 amide bonds. The molecule has 1 N–H and O–H groups in total. The summed E-state index contributed by atoms with van der Waals surface area (Å²) in [6.07, 6.45) is 4.66. The predicted octanol–water partition coefficient (Wildman–Crippen LogP) is 3.63. The van der Waals surface area contributed by atoms with Gasteiger partial charge in [0.05, 0.1) is 7.11 Å². The van der Waals surface area contributed by atoms with Crippen molar-refractivity contribution in [2.45, 2.75) is 32.7 Å². The quantitative estimate of drug-likeness (QED) is 0.807. The molecule has 100 valence electrons. The Morgan fingerprint density at radius 2 is 2.06 bits per heavy atom. The highest BCUT2D eigenvalue weighted by Crippen LogP contribution is 2.17. The summed E-state index contributed by atoms with van der Waals surface area (Å²) in [6, 6.07) is 4.88. The van der Waals surface area contributed by atoms with E-state index in [4.69, 9.17) is 4.74 Å². The minimum atomic E-state index is -0.255. The minimum Gasteiger partial charge on any atom is -0.497 e. The van der Waals surface area contributed by atoms with Crippen molar-refractivity contribution in [3.05, 3.63) is 35.7 Å². The van der Waals surface area contributed by atoms with E-state index in [9.17, 15) is 4.39 Å². The second-order valence-corrected chi connectivity index (χ2v) is 5.26. The van der Waals surface area contributed by atoms with Gasteiger partial charge in [-0.3, -0.25) is 0 Å². The molecule has 0 bridgehead atoms. The zero-order chi connectivity index (χ0) is 13.6. The maximum Gasteiger partial charge on any atom is 0.134 e. The number of hydrogen-bond donors (Lipinski definition) is 1. The molecule has 1 rings (SSSR count). The first kappa shape index (κ1) is 14.7. The predicted molar refractivity (Wildman–Crippen MR) is 74.4 cm³/mol. The van der Waals surface area contributed by atoms with Gasteiger partial charge in [-0.15, -0.1) is 0 Å². The van der Waals surface area contributed by atoms with E-state index in [1.165, 1.54) is 13.2 Å². The molecule has 0 radical (unpaired) electrons. The zero-order valence-electron chi connectivity index (χ0n) is 11.6. The molecule has 0 atom stereocenters. The van der Waals surface area contributed by atoms with Crippen molar-refractivity contribution in [1.82, 2.24) is 5.32 Å². The van der Waals surface area contributed by atoms with Crippen molar-refractivity contribution in [1.29, 1.82) is 0 Å². The highest BCUT2D eigenvalue weighted by molar-refractivity contribution is 5.51. The van der Waals surface area contributed by atoms with Crippen LogP contribution >= 0.6 is 0 Å². The van der Waals surface area contributed by atoms with Crippen LogP contribution in [-0.4, -0.2) is 19.2 Å². The van der Waals surface area contributed by atoms with Crippen LogP contribution in [0.25, 0.3) is 6.08 Å². The maximum atomic E-state index is 13.6. The third kappa shape index (κ3) is 5.32. The van der Waals surface area contributed by atoms with Crippen LogP contribution in [0.3, 0.4) is 0 Å². The fourth-order valence-corrected chi connectivity index (χ4v) is 1.51. The summed E-state index contributed by atoms with van der Waals surface area (Å²) in [4.78, 5) is 0. The molecule has 0 unspecified atom stereocenters. The Balaban J connectivity index is 2.47. The molecule has 18 heavy (non-hydrogen) atoms. The average molecular weight is 251 g/mol. The molecule has 0 aliphatic carbocycles. The number of ether oxygens (including phenoxy) is 1. The summed E-state index contributed by atoms with van der Waals surface area (Å²) in [5.41, 5.74) is 0.714. The molecule has 0 spiro atoms. The molecule has 0 aliphatic rings. The molecule has 3 heteroatoms. The van der Waals surface area contributed by atoms with E-state index in [0.717, 1.165) is 13.0 Å². The van der Waals surface area contributed by atoms with Gasteiger partial charge in [-0.1, -0.05) is 12.2 Å². The van der Waals surface area contributed by atoms with Crippen molar-refractivity contribution < 1.29 is 9.13 Å². The standard InChI is InChI=1S/C15H22FNO/c1-15(2,3)17-10-6-5-7-12-8-9-13(18-4)11-14(12)16/h5,7-9,11,17H,6,10H2,1-4H3/b7-5+. The molecular formula is C15H22FNO. The van der Waals surface area contributed by atoms with E-state index in [1.54, 1.807) is 18.2 Å². The first-order valence-corrected chi connectivity index (χ1v) is 6.17. The number of benzene rings is 1. The number of hydrogen-bond acceptors (Lipinski definition) is 2. The van der Waals surface area contributed by atoms with E-state index >= 15 is 0 Å². The minimum absolute atomic E-state index is 0.124. The number of halogens is 1. The van der Waals surface area contributed by atoms with E-state index in [-0.39, 0.29) is 11.4 Å². The summed E-state index contributed by atoms with van der Waals surface area (Å²) < 4.78 is 18.5. The first-order chi connectivity index (χ1) is 8.42. The Labute approximate surface area is 109 Å². The topological polar surface area (TPSA) is 21.3 Å². The summed E-state index contributed by atoms with van der Waals surface area (Å²) in [7, 11) is 1.53. The van der Waals surface area contributed by atoms with E-state index in [0.29, 0.717) is 11.3 Å². The molecule has 1 aromatic rings. The third-order valence-electron chi connectivity index (χ3n) is 2.47. The zero-order valence-corrected chi connectivity index (χ0v) is 11.6. The van der Waals surface area contributed by atoms with Crippen molar-refractivity contribution in [3.8, 4) is 5.75 Å². The third-order valence-corrected chi connectivity index (χ3v) is 2.47. The summed E-state index contributed by atoms with van der Waals surface area (Å²) in [5.74, 6) is 0.286. The Hall–Kier alpha value is -1.35. The summed E-state index contributed by atoms with van der Waals surface area (Å²) >= 11 is 0. The first-order valence-electron chi connectivity index (χ1n) is 6.17. The monoisotopic (exact) mass is 251 g/mol. The van der Waals surface area contributed by atoms with Gasteiger partial charge in [0.15, 0.2) is 0 Å². The van der Waals surface area contributed by atoms with Crippen LogP contribution in [0.5, 0.6) is 5.75 Å². The normalized spacial score (nSPS) is 12.1. The van der Waals surface area contributed by atoms with Gasteiger partial charge in [-0.05, 0) is 45.9 Å². The fraction of sp³-hybridized carbons (Fsp3) is 0.467. The molecule has 0 heterocycles. The van der Waals surface area contributed by atoms with Gasteiger partial charge in [-0.2, -0.15) is 0 Å². The molecule has 0 aliphatic heterocycles. The van der Waals surface area contributed by atoms with Gasteiger partial charge in [0, 0.05) is 17.2 Å². The van der Waals surface area contributed by atoms with Crippen molar-refractivity contribution in [2.24, 2.45) is 0 Å². The molecule has 0 fully saturated rings. The van der Waals surface area contributed by atoms with Crippen molar-refractivity contribution in [2.75, 3.05) is 13.7 Å². The fourth-order valence-electron chi connectivity index (χ4n) is 1.51. The van der Waals surface area contributed by atoms with Crippen molar-refractivity contribution in [3.63, 3.8) is 0 Å². The molecule has 0 saturated heterocycles. The van der Waals surface area contributed by atoms with Gasteiger partial charge in [0.2, 0.25) is 0 Å². The highest BCUT2D eigenvalue weighted by atomic mass is 19.1. The second kappa shape index (κ2) is 6.55. The Kier molecular flexibility index (Phi) is 5.35. The lowest BCUT2D eigenvalue weighted by molar-refractivity contribution is 0.411. The summed E-state index contributed by atoms with van der Waals surface area (Å²) in [5, 5.41) is 3.38. The van der Waals surface area contributed by atoms with E-state index < -0.39 is 0 Å². The molecule has 2 nitrogen and oxygen atoms in total. The lowest BCUT2D eigenvalue weighted by Gasteiger charge is -2.19. The molecule has 1 aromatic carbocycles. The largest absolute Gasteiger partial charge is 0.497 e. The SMILES string of the molecule is COc1ccc(/C=C/CCNC(C)(C)C)c(F)c1. The van der Waals surface area contributed by atoms with E-state index in [1.807, 2.05) is 6.08 Å². The Morgan fingerprint density at radius 3 is 2.61 bits per heavy atom. The molecule has 0 aromatic heterocycles. The average Bonchev–Trinajstić information content (AvgIpc) is 2.29. The van der Waals surface area contributed by atoms with Crippen LogP contribution < -0.4 is 10.1 Å². The lowest BCUT2D eigenvalue weighted by Crippen LogP contribution is -2.36.